The molecule has 4 nitrogen and oxygen atoms in total. The van der Waals surface area contributed by atoms with E-state index in [9.17, 15) is 9.59 Å². The van der Waals surface area contributed by atoms with Crippen molar-refractivity contribution < 1.29 is 9.59 Å². The second-order valence-corrected chi connectivity index (χ2v) is 5.36. The van der Waals surface area contributed by atoms with Crippen LogP contribution >= 0.6 is 11.3 Å². The largest absolute Gasteiger partial charge is 0.297 e. The van der Waals surface area contributed by atoms with Gasteiger partial charge in [-0.2, -0.15) is 0 Å². The van der Waals surface area contributed by atoms with Gasteiger partial charge in [0.1, 0.15) is 0 Å². The minimum atomic E-state index is -0.157. The lowest BCUT2D eigenvalue weighted by Crippen LogP contribution is -2.24. The first-order valence-corrected chi connectivity index (χ1v) is 6.87. The van der Waals surface area contributed by atoms with E-state index >= 15 is 0 Å². The number of ketones is 1. The Morgan fingerprint density at radius 3 is 2.74 bits per heavy atom. The Kier molecular flexibility index (Phi) is 2.91. The summed E-state index contributed by atoms with van der Waals surface area (Å²) in [6, 6.07) is 7.98. The number of aryl methyl sites for hydroxylation is 1. The van der Waals surface area contributed by atoms with Crippen molar-refractivity contribution in [3.63, 3.8) is 0 Å². The van der Waals surface area contributed by atoms with Crippen LogP contribution in [-0.4, -0.2) is 23.2 Å². The third-order valence-corrected chi connectivity index (χ3v) is 3.99. The molecule has 0 aliphatic carbocycles. The third kappa shape index (κ3) is 2.17. The maximum Gasteiger partial charge on any atom is 0.236 e. The van der Waals surface area contributed by atoms with E-state index in [2.05, 4.69) is 4.98 Å². The van der Waals surface area contributed by atoms with Gasteiger partial charge in [-0.25, -0.2) is 4.98 Å². The summed E-state index contributed by atoms with van der Waals surface area (Å²) in [6.45, 7) is 2.18. The van der Waals surface area contributed by atoms with Crippen LogP contribution in [0.4, 0.5) is 5.13 Å². The highest BCUT2D eigenvalue weighted by Gasteiger charge is 2.30. The Labute approximate surface area is 114 Å². The SMILES string of the molecule is Cc1ccccc1-c1csc(N2CC(=O)CC2=O)n1. The molecule has 1 aromatic heterocycles. The molecule has 1 aliphatic heterocycles. The lowest BCUT2D eigenvalue weighted by molar-refractivity contribution is -0.121. The molecule has 0 saturated carbocycles. The average molecular weight is 272 g/mol. The molecule has 96 valence electrons. The van der Waals surface area contributed by atoms with Gasteiger partial charge in [0, 0.05) is 10.9 Å². The third-order valence-electron chi connectivity index (χ3n) is 3.13. The van der Waals surface area contributed by atoms with Crippen molar-refractivity contribution in [3.05, 3.63) is 35.2 Å². The lowest BCUT2D eigenvalue weighted by Gasteiger charge is -2.09. The van der Waals surface area contributed by atoms with Crippen LogP contribution in [0.5, 0.6) is 0 Å². The zero-order valence-electron chi connectivity index (χ0n) is 10.4. The van der Waals surface area contributed by atoms with Gasteiger partial charge in [0.15, 0.2) is 10.9 Å². The normalized spacial score (nSPS) is 15.3. The van der Waals surface area contributed by atoms with Crippen LogP contribution in [0.1, 0.15) is 12.0 Å². The Balaban J connectivity index is 1.94. The van der Waals surface area contributed by atoms with Crippen molar-refractivity contribution in [2.24, 2.45) is 0 Å². The van der Waals surface area contributed by atoms with Crippen LogP contribution in [0.15, 0.2) is 29.6 Å². The van der Waals surface area contributed by atoms with Crippen molar-refractivity contribution in [2.45, 2.75) is 13.3 Å². The number of Topliss-reactive ketones (excluding diaryl/α,β-unsaturated/α-hetero) is 1. The Bertz CT molecular complexity index is 663. The van der Waals surface area contributed by atoms with Gasteiger partial charge in [0.2, 0.25) is 5.91 Å². The van der Waals surface area contributed by atoms with Gasteiger partial charge in [-0.15, -0.1) is 11.3 Å². The maximum atomic E-state index is 11.7. The van der Waals surface area contributed by atoms with E-state index in [4.69, 9.17) is 0 Å². The van der Waals surface area contributed by atoms with Crippen molar-refractivity contribution >= 4 is 28.2 Å². The van der Waals surface area contributed by atoms with Gasteiger partial charge < -0.3 is 0 Å². The molecule has 3 rings (SSSR count). The van der Waals surface area contributed by atoms with Crippen LogP contribution in [-0.2, 0) is 9.59 Å². The molecule has 1 saturated heterocycles. The summed E-state index contributed by atoms with van der Waals surface area (Å²) in [5.41, 5.74) is 3.05. The van der Waals surface area contributed by atoms with Crippen molar-refractivity contribution in [1.82, 2.24) is 4.98 Å². The fourth-order valence-corrected chi connectivity index (χ4v) is 2.97. The molecule has 0 spiro atoms. The van der Waals surface area contributed by atoms with E-state index in [0.29, 0.717) is 5.13 Å². The summed E-state index contributed by atoms with van der Waals surface area (Å²) in [5.74, 6) is -0.201. The number of hydrogen-bond acceptors (Lipinski definition) is 4. The smallest absolute Gasteiger partial charge is 0.236 e. The molecule has 5 heteroatoms. The number of nitrogens with zero attached hydrogens (tertiary/aromatic N) is 2. The first-order valence-electron chi connectivity index (χ1n) is 5.99. The molecule has 2 aromatic rings. The molecule has 19 heavy (non-hydrogen) atoms. The molecule has 1 aromatic carbocycles. The summed E-state index contributed by atoms with van der Waals surface area (Å²) in [4.78, 5) is 28.9. The standard InChI is InChI=1S/C14H12N2O2S/c1-9-4-2-3-5-11(9)12-8-19-14(15-12)16-7-10(17)6-13(16)18/h2-5,8H,6-7H2,1H3. The van der Waals surface area contributed by atoms with Gasteiger partial charge in [-0.3, -0.25) is 14.5 Å². The number of rotatable bonds is 2. The second kappa shape index (κ2) is 4.59. The number of hydrogen-bond donors (Lipinski definition) is 0. The fourth-order valence-electron chi connectivity index (χ4n) is 2.13. The van der Waals surface area contributed by atoms with E-state index in [1.165, 1.54) is 16.2 Å². The van der Waals surface area contributed by atoms with E-state index < -0.39 is 0 Å². The minimum absolute atomic E-state index is 0.000716. The number of carbonyl (C=O) groups is 2. The van der Waals surface area contributed by atoms with Crippen molar-refractivity contribution in [3.8, 4) is 11.3 Å². The summed E-state index contributed by atoms with van der Waals surface area (Å²) < 4.78 is 0. The highest BCUT2D eigenvalue weighted by molar-refractivity contribution is 7.14. The van der Waals surface area contributed by atoms with Gasteiger partial charge in [-0.1, -0.05) is 24.3 Å². The summed E-state index contributed by atoms with van der Waals surface area (Å²) in [7, 11) is 0. The number of amides is 1. The molecule has 0 atom stereocenters. The zero-order valence-corrected chi connectivity index (χ0v) is 11.2. The quantitative estimate of drug-likeness (QED) is 0.789. The Morgan fingerprint density at radius 2 is 2.05 bits per heavy atom. The first kappa shape index (κ1) is 12.0. The zero-order chi connectivity index (χ0) is 13.4. The van der Waals surface area contributed by atoms with Gasteiger partial charge in [-0.05, 0) is 12.5 Å². The van der Waals surface area contributed by atoms with Crippen LogP contribution in [0.3, 0.4) is 0 Å². The van der Waals surface area contributed by atoms with E-state index in [0.717, 1.165) is 16.8 Å². The summed E-state index contributed by atoms with van der Waals surface area (Å²) in [5, 5.41) is 2.53. The molecule has 0 N–H and O–H groups in total. The van der Waals surface area contributed by atoms with Crippen LogP contribution in [0, 0.1) is 6.92 Å². The van der Waals surface area contributed by atoms with Crippen LogP contribution < -0.4 is 4.90 Å². The number of benzene rings is 1. The van der Waals surface area contributed by atoms with Crippen LogP contribution in [0.2, 0.25) is 0 Å². The van der Waals surface area contributed by atoms with Gasteiger partial charge in [0.25, 0.3) is 0 Å². The summed E-state index contributed by atoms with van der Waals surface area (Å²) >= 11 is 1.40. The monoisotopic (exact) mass is 272 g/mol. The molecule has 1 amide bonds. The number of anilines is 1. The molecular formula is C14H12N2O2S. The lowest BCUT2D eigenvalue weighted by atomic mass is 10.1. The maximum absolute atomic E-state index is 11.7. The van der Waals surface area contributed by atoms with Gasteiger partial charge in [0.05, 0.1) is 18.7 Å². The highest BCUT2D eigenvalue weighted by atomic mass is 32.1. The Morgan fingerprint density at radius 1 is 1.26 bits per heavy atom. The second-order valence-electron chi connectivity index (χ2n) is 4.53. The molecule has 0 bridgehead atoms. The molecule has 1 fully saturated rings. The predicted molar refractivity (Wildman–Crippen MR) is 74.3 cm³/mol. The van der Waals surface area contributed by atoms with E-state index in [1.54, 1.807) is 0 Å². The molecule has 0 unspecified atom stereocenters. The van der Waals surface area contributed by atoms with E-state index in [1.807, 2.05) is 36.6 Å². The number of carbonyl (C=O) groups excluding carboxylic acids is 2. The summed E-state index contributed by atoms with van der Waals surface area (Å²) in [6.07, 6.45) is -0.000716. The minimum Gasteiger partial charge on any atom is -0.297 e. The number of thiazole rings is 1. The van der Waals surface area contributed by atoms with E-state index in [-0.39, 0.29) is 24.7 Å². The predicted octanol–water partition coefficient (Wildman–Crippen LogP) is 2.42. The molecule has 1 aliphatic rings. The first-order chi connectivity index (χ1) is 9.15. The fraction of sp³-hybridized carbons (Fsp3) is 0.214. The average Bonchev–Trinajstić information content (AvgIpc) is 2.96. The molecular weight excluding hydrogens is 260 g/mol. The highest BCUT2D eigenvalue weighted by Crippen LogP contribution is 2.30. The van der Waals surface area contributed by atoms with Crippen molar-refractivity contribution in [1.29, 1.82) is 0 Å². The topological polar surface area (TPSA) is 50.3 Å². The number of aromatic nitrogens is 1. The van der Waals surface area contributed by atoms with Gasteiger partial charge >= 0.3 is 0 Å². The van der Waals surface area contributed by atoms with Crippen LogP contribution in [0.25, 0.3) is 11.3 Å². The Hall–Kier alpha value is -2.01. The van der Waals surface area contributed by atoms with Crippen molar-refractivity contribution in [2.75, 3.05) is 11.4 Å². The molecule has 0 radical (unpaired) electrons. The molecule has 2 heterocycles.